The molecule has 0 aliphatic rings. The zero-order chi connectivity index (χ0) is 17.6. The molecule has 0 atom stereocenters. The van der Waals surface area contributed by atoms with Crippen LogP contribution in [0.4, 0.5) is 0 Å². The maximum absolute atomic E-state index is 12.0. The second-order valence-corrected chi connectivity index (χ2v) is 6.66. The van der Waals surface area contributed by atoms with Crippen molar-refractivity contribution in [3.8, 4) is 0 Å². The first kappa shape index (κ1) is 18.0. The Hall–Kier alpha value is -2.33. The van der Waals surface area contributed by atoms with Crippen LogP contribution in [0.5, 0.6) is 0 Å². The van der Waals surface area contributed by atoms with Crippen molar-refractivity contribution in [2.24, 2.45) is 0 Å². The molecule has 2 aromatic rings. The highest BCUT2D eigenvalue weighted by atomic mass is 35.5. The Morgan fingerprint density at radius 1 is 1.00 bits per heavy atom. The number of carbonyl (C=O) groups is 2. The van der Waals surface area contributed by atoms with Crippen LogP contribution in [0.3, 0.4) is 0 Å². The summed E-state index contributed by atoms with van der Waals surface area (Å²) in [4.78, 5) is 23.9. The van der Waals surface area contributed by atoms with Crippen molar-refractivity contribution in [3.63, 3.8) is 0 Å². The van der Waals surface area contributed by atoms with Crippen LogP contribution < -0.4 is 10.6 Å². The lowest BCUT2D eigenvalue weighted by atomic mass is 9.84. The van der Waals surface area contributed by atoms with Gasteiger partial charge in [-0.05, 0) is 29.8 Å². The van der Waals surface area contributed by atoms with Crippen LogP contribution in [-0.4, -0.2) is 24.9 Å². The highest BCUT2D eigenvalue weighted by Crippen LogP contribution is 2.24. The molecule has 2 aromatic carbocycles. The quantitative estimate of drug-likeness (QED) is 0.845. The molecule has 126 valence electrons. The van der Waals surface area contributed by atoms with Crippen molar-refractivity contribution in [2.75, 3.05) is 13.1 Å². The summed E-state index contributed by atoms with van der Waals surface area (Å²) in [7, 11) is 0. The van der Waals surface area contributed by atoms with Crippen molar-refractivity contribution < 1.29 is 9.59 Å². The highest BCUT2D eigenvalue weighted by molar-refractivity contribution is 6.30. The van der Waals surface area contributed by atoms with E-state index in [0.717, 1.165) is 5.56 Å². The third-order valence-corrected chi connectivity index (χ3v) is 4.01. The third kappa shape index (κ3) is 5.10. The minimum absolute atomic E-state index is 0.0562. The summed E-state index contributed by atoms with van der Waals surface area (Å²) in [6.45, 7) is 4.45. The van der Waals surface area contributed by atoms with E-state index in [0.29, 0.717) is 17.1 Å². The second-order valence-electron chi connectivity index (χ2n) is 6.22. The van der Waals surface area contributed by atoms with Gasteiger partial charge in [-0.15, -0.1) is 0 Å². The number of hydrogen-bond donors (Lipinski definition) is 2. The number of benzene rings is 2. The van der Waals surface area contributed by atoms with Gasteiger partial charge in [0, 0.05) is 22.5 Å². The molecule has 24 heavy (non-hydrogen) atoms. The van der Waals surface area contributed by atoms with E-state index in [4.69, 9.17) is 11.6 Å². The lowest BCUT2D eigenvalue weighted by Gasteiger charge is -2.26. The van der Waals surface area contributed by atoms with Gasteiger partial charge in [0.2, 0.25) is 5.91 Å². The fraction of sp³-hybridized carbons (Fsp3) is 0.263. The Kier molecular flexibility index (Phi) is 5.99. The number of carbonyl (C=O) groups excluding carboxylic acids is 2. The van der Waals surface area contributed by atoms with Gasteiger partial charge in [0.15, 0.2) is 0 Å². The summed E-state index contributed by atoms with van der Waals surface area (Å²) < 4.78 is 0. The molecule has 2 amide bonds. The molecule has 0 radical (unpaired) electrons. The van der Waals surface area contributed by atoms with Crippen molar-refractivity contribution in [3.05, 3.63) is 70.7 Å². The van der Waals surface area contributed by atoms with Gasteiger partial charge in [-0.1, -0.05) is 55.8 Å². The molecule has 0 aromatic heterocycles. The van der Waals surface area contributed by atoms with Gasteiger partial charge in [0.25, 0.3) is 5.91 Å². The average Bonchev–Trinajstić information content (AvgIpc) is 2.58. The summed E-state index contributed by atoms with van der Waals surface area (Å²) >= 11 is 6.02. The normalized spacial score (nSPS) is 11.0. The predicted octanol–water partition coefficient (Wildman–Crippen LogP) is 3.16. The van der Waals surface area contributed by atoms with Gasteiger partial charge >= 0.3 is 0 Å². The van der Waals surface area contributed by atoms with Crippen molar-refractivity contribution in [1.82, 2.24) is 10.6 Å². The monoisotopic (exact) mass is 344 g/mol. The van der Waals surface area contributed by atoms with Crippen LogP contribution in [-0.2, 0) is 10.2 Å². The first-order valence-corrected chi connectivity index (χ1v) is 8.12. The maximum atomic E-state index is 12.0. The van der Waals surface area contributed by atoms with Crippen molar-refractivity contribution >= 4 is 23.4 Å². The Morgan fingerprint density at radius 2 is 1.71 bits per heavy atom. The van der Waals surface area contributed by atoms with Gasteiger partial charge in [0.05, 0.1) is 6.54 Å². The molecular weight excluding hydrogens is 324 g/mol. The molecule has 0 saturated heterocycles. The minimum Gasteiger partial charge on any atom is -0.354 e. The van der Waals surface area contributed by atoms with E-state index in [-0.39, 0.29) is 23.8 Å². The van der Waals surface area contributed by atoms with Gasteiger partial charge in [-0.25, -0.2) is 0 Å². The molecule has 0 aliphatic heterocycles. The van der Waals surface area contributed by atoms with Crippen LogP contribution in [0.1, 0.15) is 29.8 Å². The van der Waals surface area contributed by atoms with Gasteiger partial charge < -0.3 is 10.6 Å². The standard InChI is InChI=1S/C19H21ClN2O2/c1-19(2,15-9-6-10-16(20)11-15)13-22-17(23)12-21-18(24)14-7-4-3-5-8-14/h3-11H,12-13H2,1-2H3,(H,21,24)(H,22,23). The second kappa shape index (κ2) is 7.97. The topological polar surface area (TPSA) is 58.2 Å². The molecule has 4 nitrogen and oxygen atoms in total. The summed E-state index contributed by atoms with van der Waals surface area (Å²) in [6, 6.07) is 16.4. The lowest BCUT2D eigenvalue weighted by molar-refractivity contribution is -0.120. The molecule has 0 bridgehead atoms. The van der Waals surface area contributed by atoms with Crippen molar-refractivity contribution in [1.29, 1.82) is 0 Å². The van der Waals surface area contributed by atoms with Gasteiger partial charge in [0.1, 0.15) is 0 Å². The molecule has 0 spiro atoms. The molecule has 0 saturated carbocycles. The zero-order valence-electron chi connectivity index (χ0n) is 13.8. The third-order valence-electron chi connectivity index (χ3n) is 3.78. The molecule has 2 N–H and O–H groups in total. The summed E-state index contributed by atoms with van der Waals surface area (Å²) in [5.41, 5.74) is 1.32. The first-order valence-electron chi connectivity index (χ1n) is 7.74. The Bertz CT molecular complexity index is 714. The molecule has 0 heterocycles. The Balaban J connectivity index is 1.83. The predicted molar refractivity (Wildman–Crippen MR) is 96.3 cm³/mol. The summed E-state index contributed by atoms with van der Waals surface area (Å²) in [5, 5.41) is 6.13. The van der Waals surface area contributed by atoms with E-state index in [9.17, 15) is 9.59 Å². The van der Waals surface area contributed by atoms with E-state index in [1.807, 2.05) is 44.2 Å². The molecule has 0 fully saturated rings. The molecule has 0 aliphatic carbocycles. The molecule has 0 unspecified atom stereocenters. The fourth-order valence-electron chi connectivity index (χ4n) is 2.25. The Morgan fingerprint density at radius 3 is 2.38 bits per heavy atom. The zero-order valence-corrected chi connectivity index (χ0v) is 14.6. The molecule has 5 heteroatoms. The molecule has 2 rings (SSSR count). The summed E-state index contributed by atoms with van der Waals surface area (Å²) in [5.74, 6) is -0.491. The smallest absolute Gasteiger partial charge is 0.251 e. The average molecular weight is 345 g/mol. The van der Waals surface area contributed by atoms with Gasteiger partial charge in [-0.3, -0.25) is 9.59 Å². The highest BCUT2D eigenvalue weighted by Gasteiger charge is 2.21. The van der Waals surface area contributed by atoms with E-state index >= 15 is 0 Å². The van der Waals surface area contributed by atoms with E-state index in [2.05, 4.69) is 10.6 Å². The number of hydrogen-bond acceptors (Lipinski definition) is 2. The first-order chi connectivity index (χ1) is 11.4. The Labute approximate surface area is 147 Å². The largest absolute Gasteiger partial charge is 0.354 e. The van der Waals surface area contributed by atoms with Crippen LogP contribution in [0.25, 0.3) is 0 Å². The van der Waals surface area contributed by atoms with Crippen LogP contribution in [0.15, 0.2) is 54.6 Å². The molecular formula is C19H21ClN2O2. The fourth-order valence-corrected chi connectivity index (χ4v) is 2.44. The van der Waals surface area contributed by atoms with E-state index in [1.165, 1.54) is 0 Å². The maximum Gasteiger partial charge on any atom is 0.251 e. The van der Waals surface area contributed by atoms with E-state index in [1.54, 1.807) is 24.3 Å². The number of rotatable bonds is 6. The van der Waals surface area contributed by atoms with Crippen LogP contribution in [0, 0.1) is 0 Å². The number of halogens is 1. The van der Waals surface area contributed by atoms with Crippen LogP contribution in [0.2, 0.25) is 5.02 Å². The van der Waals surface area contributed by atoms with Gasteiger partial charge in [-0.2, -0.15) is 0 Å². The van der Waals surface area contributed by atoms with Crippen molar-refractivity contribution in [2.45, 2.75) is 19.3 Å². The lowest BCUT2D eigenvalue weighted by Crippen LogP contribution is -2.42. The van der Waals surface area contributed by atoms with Crippen LogP contribution >= 0.6 is 11.6 Å². The number of amides is 2. The minimum atomic E-state index is -0.264. The summed E-state index contributed by atoms with van der Waals surface area (Å²) in [6.07, 6.45) is 0. The number of nitrogens with one attached hydrogen (secondary N) is 2. The van der Waals surface area contributed by atoms with E-state index < -0.39 is 0 Å². The SMILES string of the molecule is CC(C)(CNC(=O)CNC(=O)c1ccccc1)c1cccc(Cl)c1.